The first-order chi connectivity index (χ1) is 10.9. The third-order valence-electron chi connectivity index (χ3n) is 3.96. The average Bonchev–Trinajstić information content (AvgIpc) is 3.26. The second-order valence-corrected chi connectivity index (χ2v) is 5.64. The van der Waals surface area contributed by atoms with Crippen molar-refractivity contribution in [2.24, 2.45) is 0 Å². The van der Waals surface area contributed by atoms with Gasteiger partial charge in [0.15, 0.2) is 5.82 Å². The third-order valence-corrected chi connectivity index (χ3v) is 3.96. The Bertz CT molecular complexity index is 725. The molecule has 3 aromatic rings. The Hall–Kier alpha value is -2.21. The van der Waals surface area contributed by atoms with Gasteiger partial charge in [-0.2, -0.15) is 4.98 Å². The molecule has 6 heteroatoms. The molecular formula is C16H18N4O2. The molecular weight excluding hydrogens is 280 g/mol. The Morgan fingerprint density at radius 3 is 3.00 bits per heavy atom. The molecule has 0 bridgehead atoms. The van der Waals surface area contributed by atoms with E-state index in [-0.39, 0.29) is 6.10 Å². The predicted molar refractivity (Wildman–Crippen MR) is 80.5 cm³/mol. The number of imidazole rings is 1. The number of aromatic nitrogens is 4. The number of rotatable bonds is 5. The standard InChI is InChI=1S/C16H18N4O2/c1-2-6-13-12(5-1)17-14(18-13)7-8-16-19-15(20-22-16)10-11-4-3-9-21-11/h1-2,5-6,11H,3-4,7-10H2,(H,17,18)/t11-/m1/s1. The maximum atomic E-state index is 5.59. The van der Waals surface area contributed by atoms with Gasteiger partial charge in [-0.1, -0.05) is 17.3 Å². The predicted octanol–water partition coefficient (Wildman–Crippen LogP) is 2.45. The minimum Gasteiger partial charge on any atom is -0.378 e. The van der Waals surface area contributed by atoms with Crippen molar-refractivity contribution in [3.63, 3.8) is 0 Å². The fraction of sp³-hybridized carbons (Fsp3) is 0.438. The minimum atomic E-state index is 0.251. The molecule has 1 aliphatic rings. The van der Waals surface area contributed by atoms with Crippen molar-refractivity contribution in [2.45, 2.75) is 38.2 Å². The summed E-state index contributed by atoms with van der Waals surface area (Å²) in [5.74, 6) is 2.35. The number of hydrogen-bond donors (Lipinski definition) is 1. The van der Waals surface area contributed by atoms with Crippen molar-refractivity contribution in [3.05, 3.63) is 41.8 Å². The molecule has 1 atom stereocenters. The smallest absolute Gasteiger partial charge is 0.227 e. The number of nitrogens with zero attached hydrogens (tertiary/aromatic N) is 3. The Balaban J connectivity index is 1.37. The lowest BCUT2D eigenvalue weighted by Gasteiger charge is -2.03. The molecule has 22 heavy (non-hydrogen) atoms. The third kappa shape index (κ3) is 2.87. The lowest BCUT2D eigenvalue weighted by Crippen LogP contribution is -2.10. The van der Waals surface area contributed by atoms with Gasteiger partial charge in [-0.25, -0.2) is 4.98 Å². The van der Waals surface area contributed by atoms with Crippen LogP contribution < -0.4 is 0 Å². The summed E-state index contributed by atoms with van der Waals surface area (Å²) in [5, 5.41) is 4.04. The van der Waals surface area contributed by atoms with E-state index in [4.69, 9.17) is 9.26 Å². The Labute approximate surface area is 127 Å². The summed E-state index contributed by atoms with van der Waals surface area (Å²) in [6, 6.07) is 8.02. The summed E-state index contributed by atoms with van der Waals surface area (Å²) < 4.78 is 10.9. The van der Waals surface area contributed by atoms with Gasteiger partial charge in [0.1, 0.15) is 5.82 Å². The van der Waals surface area contributed by atoms with Gasteiger partial charge >= 0.3 is 0 Å². The zero-order valence-corrected chi connectivity index (χ0v) is 12.3. The summed E-state index contributed by atoms with van der Waals surface area (Å²) in [6.07, 6.45) is 4.66. The molecule has 4 rings (SSSR count). The molecule has 1 aromatic carbocycles. The molecule has 6 nitrogen and oxygen atoms in total. The molecule has 0 saturated carbocycles. The Morgan fingerprint density at radius 1 is 1.18 bits per heavy atom. The first-order valence-corrected chi connectivity index (χ1v) is 7.73. The van der Waals surface area contributed by atoms with Gasteiger partial charge in [-0.15, -0.1) is 0 Å². The SMILES string of the molecule is c1ccc2[nH]c(CCc3nc(C[C@H]4CCCO4)no3)nc2c1. The fourth-order valence-corrected chi connectivity index (χ4v) is 2.83. The van der Waals surface area contributed by atoms with Gasteiger partial charge in [0.05, 0.1) is 17.1 Å². The van der Waals surface area contributed by atoms with Crippen LogP contribution in [0.25, 0.3) is 11.0 Å². The molecule has 0 radical (unpaired) electrons. The summed E-state index contributed by atoms with van der Waals surface area (Å²) in [4.78, 5) is 12.3. The van der Waals surface area contributed by atoms with E-state index in [2.05, 4.69) is 20.1 Å². The highest BCUT2D eigenvalue weighted by Crippen LogP contribution is 2.16. The number of aromatic amines is 1. The molecule has 0 aliphatic carbocycles. The molecule has 1 aliphatic heterocycles. The zero-order chi connectivity index (χ0) is 14.8. The number of para-hydroxylation sites is 2. The van der Waals surface area contributed by atoms with E-state index in [0.29, 0.717) is 12.3 Å². The van der Waals surface area contributed by atoms with Crippen LogP contribution in [0.15, 0.2) is 28.8 Å². The molecule has 1 saturated heterocycles. The number of benzene rings is 1. The van der Waals surface area contributed by atoms with Crippen LogP contribution in [0.3, 0.4) is 0 Å². The monoisotopic (exact) mass is 298 g/mol. The maximum Gasteiger partial charge on any atom is 0.227 e. The van der Waals surface area contributed by atoms with Crippen LogP contribution in [0.5, 0.6) is 0 Å². The number of ether oxygens (including phenoxy) is 1. The largest absolute Gasteiger partial charge is 0.378 e. The van der Waals surface area contributed by atoms with Crippen molar-refractivity contribution in [2.75, 3.05) is 6.61 Å². The number of aryl methyl sites for hydroxylation is 2. The lowest BCUT2D eigenvalue weighted by molar-refractivity contribution is 0.109. The molecule has 2 aromatic heterocycles. The van der Waals surface area contributed by atoms with E-state index < -0.39 is 0 Å². The quantitative estimate of drug-likeness (QED) is 0.783. The molecule has 114 valence electrons. The summed E-state index contributed by atoms with van der Waals surface area (Å²) in [5.41, 5.74) is 2.05. The van der Waals surface area contributed by atoms with E-state index in [9.17, 15) is 0 Å². The average molecular weight is 298 g/mol. The highest BCUT2D eigenvalue weighted by atomic mass is 16.5. The molecule has 1 fully saturated rings. The fourth-order valence-electron chi connectivity index (χ4n) is 2.83. The molecule has 1 N–H and O–H groups in total. The van der Waals surface area contributed by atoms with E-state index >= 15 is 0 Å². The van der Waals surface area contributed by atoms with E-state index in [1.807, 2.05) is 24.3 Å². The summed E-state index contributed by atoms with van der Waals surface area (Å²) in [6.45, 7) is 0.849. The van der Waals surface area contributed by atoms with Crippen LogP contribution in [0, 0.1) is 0 Å². The van der Waals surface area contributed by atoms with Crippen LogP contribution in [0.2, 0.25) is 0 Å². The van der Waals surface area contributed by atoms with Crippen molar-refractivity contribution in [1.82, 2.24) is 20.1 Å². The van der Waals surface area contributed by atoms with Crippen LogP contribution in [-0.4, -0.2) is 32.8 Å². The van der Waals surface area contributed by atoms with E-state index in [0.717, 1.165) is 55.0 Å². The first kappa shape index (κ1) is 13.5. The van der Waals surface area contributed by atoms with Gasteiger partial charge in [-0.05, 0) is 25.0 Å². The molecule has 0 spiro atoms. The van der Waals surface area contributed by atoms with Gasteiger partial charge in [0.2, 0.25) is 5.89 Å². The molecule has 3 heterocycles. The van der Waals surface area contributed by atoms with Gasteiger partial charge < -0.3 is 14.2 Å². The van der Waals surface area contributed by atoms with E-state index in [1.165, 1.54) is 0 Å². The zero-order valence-electron chi connectivity index (χ0n) is 12.3. The first-order valence-electron chi connectivity index (χ1n) is 7.73. The summed E-state index contributed by atoms with van der Waals surface area (Å²) >= 11 is 0. The normalized spacial score (nSPS) is 18.3. The Kier molecular flexibility index (Phi) is 3.60. The van der Waals surface area contributed by atoms with Crippen molar-refractivity contribution < 1.29 is 9.26 Å². The second-order valence-electron chi connectivity index (χ2n) is 5.64. The topological polar surface area (TPSA) is 76.8 Å². The van der Waals surface area contributed by atoms with E-state index in [1.54, 1.807) is 0 Å². The molecule has 0 unspecified atom stereocenters. The van der Waals surface area contributed by atoms with Gasteiger partial charge in [-0.3, -0.25) is 0 Å². The van der Waals surface area contributed by atoms with Crippen LogP contribution in [-0.2, 0) is 24.0 Å². The number of fused-ring (bicyclic) bond motifs is 1. The van der Waals surface area contributed by atoms with Crippen LogP contribution in [0.1, 0.15) is 30.4 Å². The van der Waals surface area contributed by atoms with Crippen molar-refractivity contribution >= 4 is 11.0 Å². The number of H-pyrrole nitrogens is 1. The number of nitrogens with one attached hydrogen (secondary N) is 1. The lowest BCUT2D eigenvalue weighted by atomic mass is 10.2. The van der Waals surface area contributed by atoms with Gasteiger partial charge in [0.25, 0.3) is 0 Å². The van der Waals surface area contributed by atoms with Crippen LogP contribution >= 0.6 is 0 Å². The highest BCUT2D eigenvalue weighted by molar-refractivity contribution is 5.74. The van der Waals surface area contributed by atoms with Crippen LogP contribution in [0.4, 0.5) is 0 Å². The highest BCUT2D eigenvalue weighted by Gasteiger charge is 2.19. The second kappa shape index (κ2) is 5.88. The molecule has 0 amide bonds. The maximum absolute atomic E-state index is 5.59. The number of hydrogen-bond acceptors (Lipinski definition) is 5. The Morgan fingerprint density at radius 2 is 2.14 bits per heavy atom. The summed E-state index contributed by atoms with van der Waals surface area (Å²) in [7, 11) is 0. The van der Waals surface area contributed by atoms with Crippen molar-refractivity contribution in [3.8, 4) is 0 Å². The van der Waals surface area contributed by atoms with Crippen molar-refractivity contribution in [1.29, 1.82) is 0 Å². The van der Waals surface area contributed by atoms with Gasteiger partial charge in [0, 0.05) is 25.9 Å². The minimum absolute atomic E-state index is 0.251.